The number of hydrogen-bond donors (Lipinski definition) is 1. The number of nitrogens with zero attached hydrogens (tertiary/aromatic N) is 2. The Labute approximate surface area is 171 Å². The van der Waals surface area contributed by atoms with Crippen molar-refractivity contribution in [3.63, 3.8) is 0 Å². The highest BCUT2D eigenvalue weighted by Gasteiger charge is 2.28. The molecule has 5 nitrogen and oxygen atoms in total. The fourth-order valence-electron chi connectivity index (χ4n) is 3.74. The Hall–Kier alpha value is -2.89. The van der Waals surface area contributed by atoms with Crippen LogP contribution in [-0.4, -0.2) is 42.9 Å². The van der Waals surface area contributed by atoms with Gasteiger partial charge in [0.1, 0.15) is 5.82 Å². The Morgan fingerprint density at radius 2 is 1.72 bits per heavy atom. The first-order valence-corrected chi connectivity index (χ1v) is 10.2. The van der Waals surface area contributed by atoms with Gasteiger partial charge in [-0.1, -0.05) is 6.07 Å². The summed E-state index contributed by atoms with van der Waals surface area (Å²) in [7, 11) is 0. The Bertz CT molecular complexity index is 841. The van der Waals surface area contributed by atoms with Gasteiger partial charge in [0.2, 0.25) is 5.91 Å². The molecular weight excluding hydrogens is 369 g/mol. The van der Waals surface area contributed by atoms with Gasteiger partial charge in [-0.2, -0.15) is 0 Å². The lowest BCUT2D eigenvalue weighted by Gasteiger charge is -2.31. The van der Waals surface area contributed by atoms with Crippen LogP contribution >= 0.6 is 0 Å². The largest absolute Gasteiger partial charge is 0.372 e. The second-order valence-corrected chi connectivity index (χ2v) is 7.29. The van der Waals surface area contributed by atoms with Crippen molar-refractivity contribution >= 4 is 23.2 Å². The first-order chi connectivity index (χ1) is 14.0. The summed E-state index contributed by atoms with van der Waals surface area (Å²) in [6.45, 7) is 7.10. The van der Waals surface area contributed by atoms with E-state index in [1.807, 2.05) is 24.3 Å². The average Bonchev–Trinajstić information content (AvgIpc) is 2.75. The molecule has 2 amide bonds. The van der Waals surface area contributed by atoms with Crippen LogP contribution in [0.15, 0.2) is 48.5 Å². The van der Waals surface area contributed by atoms with Crippen LogP contribution < -0.4 is 10.2 Å². The normalized spacial score (nSPS) is 14.5. The van der Waals surface area contributed by atoms with Crippen LogP contribution in [0.25, 0.3) is 0 Å². The molecule has 0 saturated carbocycles. The summed E-state index contributed by atoms with van der Waals surface area (Å²) < 4.78 is 13.4. The van der Waals surface area contributed by atoms with Gasteiger partial charge < -0.3 is 15.1 Å². The molecule has 6 heteroatoms. The number of carbonyl (C=O) groups is 2. The Balaban J connectivity index is 1.53. The maximum absolute atomic E-state index is 13.4. The molecule has 1 saturated heterocycles. The van der Waals surface area contributed by atoms with Gasteiger partial charge in [-0.05, 0) is 69.2 Å². The summed E-state index contributed by atoms with van der Waals surface area (Å²) in [6.07, 6.45) is 1.20. The van der Waals surface area contributed by atoms with Crippen LogP contribution in [0, 0.1) is 11.7 Å². The molecule has 0 atom stereocenters. The van der Waals surface area contributed by atoms with E-state index in [0.29, 0.717) is 31.5 Å². The first-order valence-electron chi connectivity index (χ1n) is 10.2. The van der Waals surface area contributed by atoms with Crippen molar-refractivity contribution in [2.24, 2.45) is 5.92 Å². The van der Waals surface area contributed by atoms with Gasteiger partial charge in [0.25, 0.3) is 5.91 Å². The summed E-state index contributed by atoms with van der Waals surface area (Å²) in [4.78, 5) is 29.1. The van der Waals surface area contributed by atoms with Gasteiger partial charge >= 0.3 is 0 Å². The molecule has 154 valence electrons. The standard InChI is InChI=1S/C23H28FN3O2/c1-3-26(4-2)21-10-8-20(9-11-21)25-22(28)17-12-14-27(15-13-17)23(29)18-6-5-7-19(24)16-18/h5-11,16-17H,3-4,12-15H2,1-2H3,(H,25,28). The van der Waals surface area contributed by atoms with Gasteiger partial charge in [-0.25, -0.2) is 4.39 Å². The fourth-order valence-corrected chi connectivity index (χ4v) is 3.74. The third-order valence-corrected chi connectivity index (χ3v) is 5.49. The van der Waals surface area contributed by atoms with E-state index in [0.717, 1.165) is 24.5 Å². The topological polar surface area (TPSA) is 52.7 Å². The van der Waals surface area contributed by atoms with Crippen molar-refractivity contribution in [2.45, 2.75) is 26.7 Å². The number of carbonyl (C=O) groups excluding carboxylic acids is 2. The van der Waals surface area contributed by atoms with Crippen molar-refractivity contribution in [2.75, 3.05) is 36.4 Å². The molecule has 1 heterocycles. The predicted molar refractivity (Wildman–Crippen MR) is 114 cm³/mol. The number of nitrogens with one attached hydrogen (secondary N) is 1. The monoisotopic (exact) mass is 397 g/mol. The molecule has 0 radical (unpaired) electrons. The van der Waals surface area contributed by atoms with Crippen LogP contribution in [0.4, 0.5) is 15.8 Å². The zero-order chi connectivity index (χ0) is 20.8. The Morgan fingerprint density at radius 3 is 2.31 bits per heavy atom. The van der Waals surface area contributed by atoms with Crippen LogP contribution in [0.3, 0.4) is 0 Å². The smallest absolute Gasteiger partial charge is 0.253 e. The quantitative estimate of drug-likeness (QED) is 0.796. The van der Waals surface area contributed by atoms with E-state index >= 15 is 0 Å². The molecule has 1 aliphatic heterocycles. The summed E-state index contributed by atoms with van der Waals surface area (Å²) in [6, 6.07) is 13.6. The molecule has 0 unspecified atom stereocenters. The van der Waals surface area contributed by atoms with Crippen LogP contribution in [-0.2, 0) is 4.79 Å². The molecule has 2 aromatic carbocycles. The average molecular weight is 397 g/mol. The summed E-state index contributed by atoms with van der Waals surface area (Å²) in [5, 5.41) is 2.99. The molecule has 1 aliphatic rings. The molecule has 0 aromatic heterocycles. The summed E-state index contributed by atoms with van der Waals surface area (Å²) in [5.41, 5.74) is 2.27. The molecule has 0 aliphatic carbocycles. The third kappa shape index (κ3) is 5.13. The minimum atomic E-state index is -0.419. The van der Waals surface area contributed by atoms with E-state index in [1.54, 1.807) is 11.0 Å². The van der Waals surface area contributed by atoms with E-state index in [4.69, 9.17) is 0 Å². The van der Waals surface area contributed by atoms with Crippen molar-refractivity contribution < 1.29 is 14.0 Å². The van der Waals surface area contributed by atoms with Crippen LogP contribution in [0.5, 0.6) is 0 Å². The van der Waals surface area contributed by atoms with Gasteiger partial charge in [0.05, 0.1) is 0 Å². The van der Waals surface area contributed by atoms with Crippen molar-refractivity contribution in [1.29, 1.82) is 0 Å². The number of hydrogen-bond acceptors (Lipinski definition) is 3. The van der Waals surface area contributed by atoms with E-state index in [2.05, 4.69) is 24.1 Å². The molecule has 3 rings (SSSR count). The van der Waals surface area contributed by atoms with Crippen molar-refractivity contribution in [1.82, 2.24) is 4.90 Å². The van der Waals surface area contributed by atoms with Gasteiger partial charge in [0.15, 0.2) is 0 Å². The lowest BCUT2D eigenvalue weighted by atomic mass is 9.95. The van der Waals surface area contributed by atoms with Gasteiger partial charge in [0, 0.05) is 49.0 Å². The summed E-state index contributed by atoms with van der Waals surface area (Å²) >= 11 is 0. The van der Waals surface area contributed by atoms with E-state index < -0.39 is 5.82 Å². The molecule has 29 heavy (non-hydrogen) atoms. The highest BCUT2D eigenvalue weighted by Crippen LogP contribution is 2.23. The highest BCUT2D eigenvalue weighted by molar-refractivity contribution is 5.95. The van der Waals surface area contributed by atoms with E-state index in [1.165, 1.54) is 18.2 Å². The lowest BCUT2D eigenvalue weighted by Crippen LogP contribution is -2.41. The molecule has 1 N–H and O–H groups in total. The summed E-state index contributed by atoms with van der Waals surface area (Å²) in [5.74, 6) is -0.750. The number of benzene rings is 2. The van der Waals surface area contributed by atoms with Crippen molar-refractivity contribution in [3.05, 3.63) is 59.9 Å². The SMILES string of the molecule is CCN(CC)c1ccc(NC(=O)C2CCN(C(=O)c3cccc(F)c3)CC2)cc1. The van der Waals surface area contributed by atoms with E-state index in [-0.39, 0.29) is 17.7 Å². The maximum Gasteiger partial charge on any atom is 0.253 e. The third-order valence-electron chi connectivity index (χ3n) is 5.49. The molecule has 0 spiro atoms. The van der Waals surface area contributed by atoms with Gasteiger partial charge in [-0.3, -0.25) is 9.59 Å². The number of amides is 2. The number of halogens is 1. The molecule has 2 aromatic rings. The number of anilines is 2. The van der Waals surface area contributed by atoms with Crippen LogP contribution in [0.2, 0.25) is 0 Å². The zero-order valence-electron chi connectivity index (χ0n) is 17.0. The maximum atomic E-state index is 13.4. The lowest BCUT2D eigenvalue weighted by molar-refractivity contribution is -0.121. The van der Waals surface area contributed by atoms with Crippen molar-refractivity contribution in [3.8, 4) is 0 Å². The van der Waals surface area contributed by atoms with Gasteiger partial charge in [-0.15, -0.1) is 0 Å². The fraction of sp³-hybridized carbons (Fsp3) is 0.391. The Kier molecular flexibility index (Phi) is 6.86. The predicted octanol–water partition coefficient (Wildman–Crippen LogP) is 4.16. The number of likely N-dealkylation sites (tertiary alicyclic amines) is 1. The first kappa shape index (κ1) is 20.8. The minimum Gasteiger partial charge on any atom is -0.372 e. The van der Waals surface area contributed by atoms with Crippen LogP contribution in [0.1, 0.15) is 37.0 Å². The molecule has 0 bridgehead atoms. The second kappa shape index (κ2) is 9.54. The highest BCUT2D eigenvalue weighted by atomic mass is 19.1. The molecular formula is C23H28FN3O2. The minimum absolute atomic E-state index is 0.0153. The zero-order valence-corrected chi connectivity index (χ0v) is 17.0. The number of rotatable bonds is 6. The number of piperidine rings is 1. The molecule has 1 fully saturated rings. The Morgan fingerprint density at radius 1 is 1.07 bits per heavy atom. The second-order valence-electron chi connectivity index (χ2n) is 7.29. The van der Waals surface area contributed by atoms with E-state index in [9.17, 15) is 14.0 Å².